The molecule has 0 bridgehead atoms. The van der Waals surface area contributed by atoms with Crippen LogP contribution in [0.5, 0.6) is 5.75 Å². The first-order valence-electron chi connectivity index (χ1n) is 13.3. The summed E-state index contributed by atoms with van der Waals surface area (Å²) in [6.07, 6.45) is 2.26. The van der Waals surface area contributed by atoms with Gasteiger partial charge in [0.25, 0.3) is 15.9 Å². The van der Waals surface area contributed by atoms with Crippen LogP contribution in [0, 0.1) is 5.92 Å². The van der Waals surface area contributed by atoms with Gasteiger partial charge < -0.3 is 24.8 Å². The fraction of sp³-hybridized carbons (Fsp3) is 0.536. The SMILES string of the molecule is CNC[C@H]1OCCCC[C@H](C)Oc2ccc(NS(=O)(=O)c3ccc(Cl)cc3)cc2C(=O)N([C@@H](C)CO)C[C@H]1C. The number of aliphatic hydroxyl groups excluding tert-OH is 1. The lowest BCUT2D eigenvalue weighted by molar-refractivity contribution is -0.000450. The summed E-state index contributed by atoms with van der Waals surface area (Å²) in [7, 11) is -2.06. The number of aliphatic hydroxyl groups is 1. The third-order valence-electron chi connectivity index (χ3n) is 6.83. The Morgan fingerprint density at radius 3 is 2.54 bits per heavy atom. The second-order valence-electron chi connectivity index (χ2n) is 10.1. The van der Waals surface area contributed by atoms with Gasteiger partial charge in [0, 0.05) is 36.3 Å². The van der Waals surface area contributed by atoms with Gasteiger partial charge in [0.15, 0.2) is 0 Å². The van der Waals surface area contributed by atoms with Crippen LogP contribution in [0.25, 0.3) is 0 Å². The molecule has 0 saturated heterocycles. The van der Waals surface area contributed by atoms with E-state index in [0.717, 1.165) is 19.3 Å². The van der Waals surface area contributed by atoms with E-state index < -0.39 is 16.1 Å². The molecule has 1 heterocycles. The Morgan fingerprint density at radius 2 is 1.87 bits per heavy atom. The van der Waals surface area contributed by atoms with Crippen LogP contribution in [0.1, 0.15) is 50.4 Å². The topological polar surface area (TPSA) is 117 Å². The van der Waals surface area contributed by atoms with Gasteiger partial charge in [-0.25, -0.2) is 8.42 Å². The number of hydrogen-bond donors (Lipinski definition) is 3. The summed E-state index contributed by atoms with van der Waals surface area (Å²) in [5.74, 6) is -0.0311. The van der Waals surface area contributed by atoms with Crippen LogP contribution < -0.4 is 14.8 Å². The van der Waals surface area contributed by atoms with Crippen molar-refractivity contribution in [2.75, 3.05) is 38.1 Å². The van der Waals surface area contributed by atoms with Gasteiger partial charge in [-0.1, -0.05) is 18.5 Å². The van der Waals surface area contributed by atoms with E-state index in [1.807, 2.05) is 20.9 Å². The molecule has 0 spiro atoms. The molecule has 0 radical (unpaired) electrons. The van der Waals surface area contributed by atoms with E-state index in [9.17, 15) is 18.3 Å². The summed E-state index contributed by atoms with van der Waals surface area (Å²) in [6.45, 7) is 7.09. The van der Waals surface area contributed by atoms with Crippen molar-refractivity contribution < 1.29 is 27.8 Å². The van der Waals surface area contributed by atoms with Crippen molar-refractivity contribution in [1.29, 1.82) is 0 Å². The number of nitrogens with zero attached hydrogens (tertiary/aromatic N) is 1. The van der Waals surface area contributed by atoms with Crippen LogP contribution in [-0.4, -0.2) is 75.9 Å². The summed E-state index contributed by atoms with van der Waals surface area (Å²) in [5.41, 5.74) is 0.435. The molecule has 0 fully saturated rings. The Morgan fingerprint density at radius 1 is 1.15 bits per heavy atom. The first kappa shape index (κ1) is 31.2. The molecule has 2 aromatic rings. The van der Waals surface area contributed by atoms with E-state index in [2.05, 4.69) is 10.0 Å². The second kappa shape index (κ2) is 14.3. The van der Waals surface area contributed by atoms with E-state index in [-0.39, 0.29) is 46.8 Å². The predicted molar refractivity (Wildman–Crippen MR) is 153 cm³/mol. The van der Waals surface area contributed by atoms with Crippen LogP contribution in [0.3, 0.4) is 0 Å². The van der Waals surface area contributed by atoms with Gasteiger partial charge in [0.2, 0.25) is 0 Å². The quantitative estimate of drug-likeness (QED) is 0.449. The molecule has 216 valence electrons. The van der Waals surface area contributed by atoms with Gasteiger partial charge in [-0.05, 0) is 82.6 Å². The van der Waals surface area contributed by atoms with E-state index in [0.29, 0.717) is 30.5 Å². The number of benzene rings is 2. The van der Waals surface area contributed by atoms with Crippen molar-refractivity contribution in [2.45, 2.75) is 63.2 Å². The Labute approximate surface area is 236 Å². The van der Waals surface area contributed by atoms with Crippen LogP contribution in [0.2, 0.25) is 5.02 Å². The first-order valence-corrected chi connectivity index (χ1v) is 15.2. The van der Waals surface area contributed by atoms with Crippen LogP contribution >= 0.6 is 11.6 Å². The summed E-state index contributed by atoms with van der Waals surface area (Å²) >= 11 is 5.91. The third-order valence-corrected chi connectivity index (χ3v) is 8.48. The first-order chi connectivity index (χ1) is 18.6. The Balaban J connectivity index is 2.02. The number of sulfonamides is 1. The molecule has 3 rings (SSSR count). The number of amides is 1. The fourth-order valence-corrected chi connectivity index (χ4v) is 5.68. The molecule has 11 heteroatoms. The molecular formula is C28H40ClN3O6S. The number of hydrogen-bond acceptors (Lipinski definition) is 7. The highest BCUT2D eigenvalue weighted by atomic mass is 35.5. The number of ether oxygens (including phenoxy) is 2. The molecule has 0 unspecified atom stereocenters. The lowest BCUT2D eigenvalue weighted by Crippen LogP contribution is -2.47. The number of likely N-dealkylation sites (N-methyl/N-ethyl adjacent to an activating group) is 1. The average molecular weight is 582 g/mol. The van der Waals surface area contributed by atoms with Gasteiger partial charge in [-0.15, -0.1) is 0 Å². The normalized spacial score (nSPS) is 22.4. The molecule has 1 amide bonds. The van der Waals surface area contributed by atoms with Crippen molar-refractivity contribution in [3.8, 4) is 5.75 Å². The molecule has 1 aliphatic heterocycles. The molecule has 0 saturated carbocycles. The summed E-state index contributed by atoms with van der Waals surface area (Å²) < 4.78 is 41.0. The van der Waals surface area contributed by atoms with Crippen molar-refractivity contribution in [1.82, 2.24) is 10.2 Å². The number of rotatable bonds is 7. The number of carbonyl (C=O) groups excluding carboxylic acids is 1. The van der Waals surface area contributed by atoms with Crippen LogP contribution in [0.4, 0.5) is 5.69 Å². The highest BCUT2D eigenvalue weighted by Crippen LogP contribution is 2.29. The van der Waals surface area contributed by atoms with Gasteiger partial charge in [-0.2, -0.15) is 0 Å². The Hall–Kier alpha value is -2.37. The lowest BCUT2D eigenvalue weighted by atomic mass is 10.0. The lowest BCUT2D eigenvalue weighted by Gasteiger charge is -2.34. The third kappa shape index (κ3) is 8.56. The molecule has 9 nitrogen and oxygen atoms in total. The zero-order valence-electron chi connectivity index (χ0n) is 23.0. The zero-order chi connectivity index (χ0) is 28.6. The molecule has 1 aliphatic rings. The highest BCUT2D eigenvalue weighted by Gasteiger charge is 2.30. The summed E-state index contributed by atoms with van der Waals surface area (Å²) in [6, 6.07) is 10.0. The maximum Gasteiger partial charge on any atom is 0.261 e. The number of halogens is 1. The number of anilines is 1. The van der Waals surface area contributed by atoms with E-state index in [1.54, 1.807) is 24.0 Å². The van der Waals surface area contributed by atoms with Gasteiger partial charge in [0.1, 0.15) is 5.75 Å². The molecule has 2 aromatic carbocycles. The Kier molecular flexibility index (Phi) is 11.4. The average Bonchev–Trinajstić information content (AvgIpc) is 2.90. The summed E-state index contributed by atoms with van der Waals surface area (Å²) in [5, 5.41) is 13.6. The predicted octanol–water partition coefficient (Wildman–Crippen LogP) is 4.16. The Bertz CT molecular complexity index is 1190. The van der Waals surface area contributed by atoms with E-state index >= 15 is 0 Å². The largest absolute Gasteiger partial charge is 0.490 e. The maximum atomic E-state index is 14.0. The maximum absolute atomic E-state index is 14.0. The molecule has 0 aliphatic carbocycles. The zero-order valence-corrected chi connectivity index (χ0v) is 24.6. The van der Waals surface area contributed by atoms with Gasteiger partial charge >= 0.3 is 0 Å². The summed E-state index contributed by atoms with van der Waals surface area (Å²) in [4.78, 5) is 15.7. The molecule has 3 N–H and O–H groups in total. The number of fused-ring (bicyclic) bond motifs is 1. The molecular weight excluding hydrogens is 542 g/mol. The standard InChI is InChI=1S/C28H40ClN3O6S/c1-19-17-32(20(2)18-33)28(34)25-15-23(31-39(35,36)24-11-8-22(29)9-12-24)10-13-26(25)38-21(3)7-5-6-14-37-27(19)16-30-4/h8-13,15,19-21,27,30-31,33H,5-7,14,16-18H2,1-4H3/t19-,20+,21+,27-/m1/s1. The smallest absolute Gasteiger partial charge is 0.261 e. The van der Waals surface area contributed by atoms with Crippen LogP contribution in [-0.2, 0) is 14.8 Å². The number of nitrogens with one attached hydrogen (secondary N) is 2. The van der Waals surface area contributed by atoms with Gasteiger partial charge in [0.05, 0.1) is 35.3 Å². The molecule has 4 atom stereocenters. The molecule has 0 aromatic heterocycles. The number of carbonyl (C=O) groups is 1. The fourth-order valence-electron chi connectivity index (χ4n) is 4.51. The van der Waals surface area contributed by atoms with Crippen molar-refractivity contribution in [3.05, 3.63) is 53.1 Å². The van der Waals surface area contributed by atoms with Crippen molar-refractivity contribution in [3.63, 3.8) is 0 Å². The van der Waals surface area contributed by atoms with E-state index in [4.69, 9.17) is 21.1 Å². The minimum absolute atomic E-state index is 0.0341. The second-order valence-corrected chi connectivity index (χ2v) is 12.2. The van der Waals surface area contributed by atoms with Crippen LogP contribution in [0.15, 0.2) is 47.4 Å². The van der Waals surface area contributed by atoms with Crippen molar-refractivity contribution in [2.24, 2.45) is 5.92 Å². The van der Waals surface area contributed by atoms with E-state index in [1.165, 1.54) is 30.3 Å². The highest BCUT2D eigenvalue weighted by molar-refractivity contribution is 7.92. The van der Waals surface area contributed by atoms with Gasteiger partial charge in [-0.3, -0.25) is 9.52 Å². The van der Waals surface area contributed by atoms with Crippen molar-refractivity contribution >= 4 is 33.2 Å². The minimum Gasteiger partial charge on any atom is -0.490 e. The molecule has 39 heavy (non-hydrogen) atoms. The minimum atomic E-state index is -3.93. The monoisotopic (exact) mass is 581 g/mol.